The highest BCUT2D eigenvalue weighted by molar-refractivity contribution is 5.66. The Kier molecular flexibility index (Phi) is 7.34. The molecular formula is C27H41N4O3. The normalized spacial score (nSPS) is 33.1. The minimum absolute atomic E-state index is 0.0598. The first-order valence-electron chi connectivity index (χ1n) is 12.8. The van der Waals surface area contributed by atoms with Crippen LogP contribution in [0.2, 0.25) is 0 Å². The standard InChI is InChI=1S/C27H41N4O3/c1-17-13-24-23(8-7-19(3)27(24,33)14-25(17)34-22(6)32)18(2)16-30-9-11-31(12-10-30)26-21(5)28-15-20(4)29-26/h13-15,18-19,23-25,33H,7-12,16H2,1-6H3/t18?,19-,23+,24-,25-,27-/m1/s1. The van der Waals surface area contributed by atoms with Gasteiger partial charge >= 0.3 is 5.97 Å². The fourth-order valence-corrected chi connectivity index (χ4v) is 6.26. The summed E-state index contributed by atoms with van der Waals surface area (Å²) in [7, 11) is 0. The van der Waals surface area contributed by atoms with Crippen molar-refractivity contribution in [3.63, 3.8) is 0 Å². The zero-order chi connectivity index (χ0) is 24.6. The van der Waals surface area contributed by atoms with Crippen LogP contribution in [-0.4, -0.2) is 70.4 Å². The van der Waals surface area contributed by atoms with Crippen molar-refractivity contribution in [2.45, 2.75) is 66.1 Å². The van der Waals surface area contributed by atoms with Crippen molar-refractivity contribution in [3.05, 3.63) is 35.7 Å². The predicted molar refractivity (Wildman–Crippen MR) is 133 cm³/mol. The summed E-state index contributed by atoms with van der Waals surface area (Å²) in [5.41, 5.74) is 2.04. The zero-order valence-corrected chi connectivity index (χ0v) is 21.6. The number of fused-ring (bicyclic) bond motifs is 1. The summed E-state index contributed by atoms with van der Waals surface area (Å²) in [4.78, 5) is 25.7. The van der Waals surface area contributed by atoms with Gasteiger partial charge < -0.3 is 14.7 Å². The highest BCUT2D eigenvalue weighted by atomic mass is 16.5. The summed E-state index contributed by atoms with van der Waals surface area (Å²) in [6.45, 7) is 16.9. The van der Waals surface area contributed by atoms with Gasteiger partial charge in [0, 0.05) is 58.2 Å². The number of nitrogens with zero attached hydrogens (tertiary/aromatic N) is 4. The van der Waals surface area contributed by atoms with E-state index in [4.69, 9.17) is 9.72 Å². The summed E-state index contributed by atoms with van der Waals surface area (Å²) in [5, 5.41) is 11.8. The van der Waals surface area contributed by atoms with Gasteiger partial charge in [-0.1, -0.05) is 19.9 Å². The lowest BCUT2D eigenvalue weighted by atomic mass is 9.57. The second-order valence-electron chi connectivity index (χ2n) is 10.8. The van der Waals surface area contributed by atoms with Crippen molar-refractivity contribution in [3.8, 4) is 0 Å². The van der Waals surface area contributed by atoms with E-state index in [1.165, 1.54) is 6.92 Å². The topological polar surface area (TPSA) is 78.8 Å². The summed E-state index contributed by atoms with van der Waals surface area (Å²) in [6.07, 6.45) is 7.59. The number of carbonyl (C=O) groups is 1. The molecule has 34 heavy (non-hydrogen) atoms. The summed E-state index contributed by atoms with van der Waals surface area (Å²) in [6, 6.07) is 0. The van der Waals surface area contributed by atoms with Gasteiger partial charge in [-0.3, -0.25) is 14.7 Å². The molecule has 1 unspecified atom stereocenters. The van der Waals surface area contributed by atoms with Crippen LogP contribution >= 0.6 is 0 Å². The van der Waals surface area contributed by atoms with Gasteiger partial charge in [-0.05, 0) is 56.9 Å². The number of aryl methyl sites for hydroxylation is 2. The van der Waals surface area contributed by atoms with Crippen LogP contribution < -0.4 is 4.90 Å². The summed E-state index contributed by atoms with van der Waals surface area (Å²) >= 11 is 0. The monoisotopic (exact) mass is 469 g/mol. The van der Waals surface area contributed by atoms with Gasteiger partial charge in [0.05, 0.1) is 17.0 Å². The van der Waals surface area contributed by atoms with E-state index in [1.807, 2.05) is 33.4 Å². The molecule has 1 aromatic rings. The van der Waals surface area contributed by atoms with Gasteiger partial charge in [0.15, 0.2) is 0 Å². The number of rotatable bonds is 5. The van der Waals surface area contributed by atoms with E-state index in [9.17, 15) is 9.90 Å². The number of ether oxygens (including phenoxy) is 1. The molecule has 1 aromatic heterocycles. The smallest absolute Gasteiger partial charge is 0.303 e. The van der Waals surface area contributed by atoms with Crippen molar-refractivity contribution in [2.75, 3.05) is 37.6 Å². The lowest BCUT2D eigenvalue weighted by molar-refractivity contribution is -0.148. The Morgan fingerprint density at radius 2 is 1.94 bits per heavy atom. The number of piperazine rings is 1. The molecule has 1 saturated heterocycles. The quantitative estimate of drug-likeness (QED) is 0.523. The highest BCUT2D eigenvalue weighted by Crippen LogP contribution is 2.50. The molecule has 0 spiro atoms. The van der Waals surface area contributed by atoms with Gasteiger partial charge in [0.2, 0.25) is 0 Å². The maximum Gasteiger partial charge on any atom is 0.303 e. The molecule has 1 N–H and O–H groups in total. The third kappa shape index (κ3) is 5.01. The molecule has 6 atom stereocenters. The van der Waals surface area contributed by atoms with Gasteiger partial charge in [0.25, 0.3) is 0 Å². The molecule has 7 nitrogen and oxygen atoms in total. The zero-order valence-electron chi connectivity index (χ0n) is 21.6. The van der Waals surface area contributed by atoms with Crippen LogP contribution in [0.5, 0.6) is 0 Å². The first kappa shape index (κ1) is 25.1. The average Bonchev–Trinajstić information content (AvgIpc) is 2.78. The molecule has 0 bridgehead atoms. The van der Waals surface area contributed by atoms with E-state index in [2.05, 4.69) is 34.7 Å². The number of esters is 1. The SMILES string of the molecule is CC(=O)O[C@@H]1[CH][C@@]2(O)[C@H](C)CC[C@@H](C(C)CN3CCN(c4nc(C)cnc4C)CC3)[C@H]2C=C1C. The molecule has 1 saturated carbocycles. The molecule has 7 heteroatoms. The Hall–Kier alpha value is -1.99. The molecule has 0 aromatic carbocycles. The van der Waals surface area contributed by atoms with Crippen LogP contribution in [0.1, 0.15) is 51.9 Å². The van der Waals surface area contributed by atoms with Gasteiger partial charge in [0.1, 0.15) is 11.9 Å². The molecule has 1 radical (unpaired) electrons. The van der Waals surface area contributed by atoms with Crippen LogP contribution in [0.4, 0.5) is 5.82 Å². The molecule has 0 amide bonds. The van der Waals surface area contributed by atoms with Crippen LogP contribution in [0.3, 0.4) is 0 Å². The Bertz CT molecular complexity index is 926. The number of aliphatic hydroxyl groups is 1. The van der Waals surface area contributed by atoms with Crippen molar-refractivity contribution in [2.24, 2.45) is 23.7 Å². The van der Waals surface area contributed by atoms with Crippen molar-refractivity contribution < 1.29 is 14.6 Å². The Morgan fingerprint density at radius 3 is 2.62 bits per heavy atom. The molecule has 187 valence electrons. The minimum atomic E-state index is -0.934. The Morgan fingerprint density at radius 1 is 1.24 bits per heavy atom. The maximum absolute atomic E-state index is 11.8. The molecular weight excluding hydrogens is 428 g/mol. The fourth-order valence-electron chi connectivity index (χ4n) is 6.26. The number of hydrogen-bond donors (Lipinski definition) is 1. The molecule has 3 aliphatic rings. The van der Waals surface area contributed by atoms with Crippen molar-refractivity contribution in [1.29, 1.82) is 0 Å². The molecule has 1 aliphatic heterocycles. The first-order chi connectivity index (χ1) is 16.1. The summed E-state index contributed by atoms with van der Waals surface area (Å²) < 4.78 is 5.50. The third-order valence-corrected chi connectivity index (χ3v) is 8.32. The lowest BCUT2D eigenvalue weighted by Gasteiger charge is -2.53. The Balaban J connectivity index is 1.41. The lowest BCUT2D eigenvalue weighted by Crippen LogP contribution is -2.57. The minimum Gasteiger partial charge on any atom is -0.458 e. The highest BCUT2D eigenvalue weighted by Gasteiger charge is 2.53. The van der Waals surface area contributed by atoms with Crippen molar-refractivity contribution >= 4 is 11.8 Å². The van der Waals surface area contributed by atoms with E-state index < -0.39 is 11.7 Å². The molecule has 4 rings (SSSR count). The van der Waals surface area contributed by atoms with Gasteiger partial charge in [-0.25, -0.2) is 4.98 Å². The second-order valence-corrected chi connectivity index (χ2v) is 10.8. The predicted octanol–water partition coefficient (Wildman–Crippen LogP) is 3.34. The van der Waals surface area contributed by atoms with E-state index in [0.717, 1.165) is 68.3 Å². The number of aromatic nitrogens is 2. The first-order valence-corrected chi connectivity index (χ1v) is 12.8. The summed E-state index contributed by atoms with van der Waals surface area (Å²) in [5.74, 6) is 1.76. The van der Waals surface area contributed by atoms with E-state index >= 15 is 0 Å². The van der Waals surface area contributed by atoms with E-state index in [1.54, 1.807) is 0 Å². The number of hydrogen-bond acceptors (Lipinski definition) is 7. The number of carbonyl (C=O) groups excluding carboxylic acids is 1. The van der Waals surface area contributed by atoms with Crippen molar-refractivity contribution in [1.82, 2.24) is 14.9 Å². The average molecular weight is 470 g/mol. The maximum atomic E-state index is 11.8. The van der Waals surface area contributed by atoms with Crippen LogP contribution in [0.25, 0.3) is 0 Å². The van der Waals surface area contributed by atoms with E-state index in [0.29, 0.717) is 11.8 Å². The largest absolute Gasteiger partial charge is 0.458 e. The van der Waals surface area contributed by atoms with Crippen LogP contribution in [0.15, 0.2) is 17.8 Å². The van der Waals surface area contributed by atoms with Crippen LogP contribution in [-0.2, 0) is 9.53 Å². The molecule has 2 aliphatic carbocycles. The Labute approximate surface area is 204 Å². The van der Waals surface area contributed by atoms with Gasteiger partial charge in [-0.2, -0.15) is 0 Å². The van der Waals surface area contributed by atoms with E-state index in [-0.39, 0.29) is 17.8 Å². The van der Waals surface area contributed by atoms with Gasteiger partial charge in [-0.15, -0.1) is 0 Å². The number of anilines is 1. The second kappa shape index (κ2) is 9.94. The molecule has 2 fully saturated rings. The molecule has 2 heterocycles. The third-order valence-electron chi connectivity index (χ3n) is 8.32. The van der Waals surface area contributed by atoms with Crippen LogP contribution in [0, 0.1) is 43.9 Å². The fraction of sp³-hybridized carbons (Fsp3) is 0.704.